The lowest BCUT2D eigenvalue weighted by molar-refractivity contribution is -0.129. The monoisotopic (exact) mass is 401 g/mol. The minimum absolute atomic E-state index is 0.313. The van der Waals surface area contributed by atoms with Crippen LogP contribution < -0.4 is 0 Å². The van der Waals surface area contributed by atoms with Gasteiger partial charge in [0, 0.05) is 38.8 Å². The zero-order valence-corrected chi connectivity index (χ0v) is 17.7. The molecule has 0 aliphatic carbocycles. The van der Waals surface area contributed by atoms with E-state index in [1.807, 2.05) is 41.2 Å². The maximum absolute atomic E-state index is 10.9. The summed E-state index contributed by atoms with van der Waals surface area (Å²) in [5.41, 5.74) is 3.71. The van der Waals surface area contributed by atoms with Gasteiger partial charge in [-0.2, -0.15) is 5.10 Å². The van der Waals surface area contributed by atoms with Gasteiger partial charge in [0.05, 0.1) is 18.1 Å². The third-order valence-electron chi connectivity index (χ3n) is 5.09. The van der Waals surface area contributed by atoms with Crippen LogP contribution in [0.4, 0.5) is 0 Å². The molecule has 8 nitrogen and oxygen atoms in total. The highest BCUT2D eigenvalue weighted by atomic mass is 32.1. The molecule has 0 bridgehead atoms. The zero-order valence-electron chi connectivity index (χ0n) is 16.9. The summed E-state index contributed by atoms with van der Waals surface area (Å²) < 4.78 is 4.44. The first-order valence-electron chi connectivity index (χ1n) is 9.68. The third-order valence-corrected chi connectivity index (χ3v) is 5.38. The highest BCUT2D eigenvalue weighted by molar-refractivity contribution is 7.71. The van der Waals surface area contributed by atoms with Crippen LogP contribution in [0.5, 0.6) is 0 Å². The second-order valence-electron chi connectivity index (χ2n) is 6.80. The van der Waals surface area contributed by atoms with Gasteiger partial charge in [0.25, 0.3) is 0 Å². The fraction of sp³-hybridized carbons (Fsp3) is 0.526. The quantitative estimate of drug-likeness (QED) is 0.681. The molecule has 0 atom stereocenters. The van der Waals surface area contributed by atoms with Crippen molar-refractivity contribution in [3.05, 3.63) is 22.9 Å². The van der Waals surface area contributed by atoms with E-state index in [4.69, 9.17) is 12.2 Å². The summed E-state index contributed by atoms with van der Waals surface area (Å²) in [5, 5.41) is 4.36. The minimum Gasteiger partial charge on any atom is -0.343 e. The Morgan fingerprint density at radius 3 is 2.57 bits per heavy atom. The standard InChI is InChI=1S/C12H14N6S.C7H13NO/c1-4-18-7(2)8(5-15-18)10-16-9-11(17(10)3)13-6-14-12(9)19;1-2-7(9)8-5-3-4-6-8/h5-6H,4H2,1-3H3,(H,13,14,19);2-6H2,1H3. The van der Waals surface area contributed by atoms with Crippen LogP contribution >= 0.6 is 12.2 Å². The van der Waals surface area contributed by atoms with Crippen LogP contribution in [0.15, 0.2) is 12.5 Å². The van der Waals surface area contributed by atoms with E-state index in [9.17, 15) is 4.79 Å². The van der Waals surface area contributed by atoms with E-state index in [0.717, 1.165) is 47.9 Å². The Morgan fingerprint density at radius 1 is 1.29 bits per heavy atom. The van der Waals surface area contributed by atoms with E-state index in [-0.39, 0.29) is 0 Å². The largest absolute Gasteiger partial charge is 0.343 e. The average Bonchev–Trinajstić information content (AvgIpc) is 3.42. The minimum atomic E-state index is 0.313. The maximum Gasteiger partial charge on any atom is 0.222 e. The average molecular weight is 402 g/mol. The lowest BCUT2D eigenvalue weighted by atomic mass is 10.2. The number of amides is 1. The van der Waals surface area contributed by atoms with Crippen molar-refractivity contribution in [3.63, 3.8) is 0 Å². The molecule has 1 aliphatic heterocycles. The van der Waals surface area contributed by atoms with E-state index in [0.29, 0.717) is 17.0 Å². The fourth-order valence-electron chi connectivity index (χ4n) is 3.44. The Balaban J connectivity index is 0.000000211. The van der Waals surface area contributed by atoms with Crippen molar-refractivity contribution in [1.29, 1.82) is 0 Å². The Hall–Kier alpha value is -2.55. The van der Waals surface area contributed by atoms with E-state index in [1.165, 1.54) is 12.8 Å². The summed E-state index contributed by atoms with van der Waals surface area (Å²) in [4.78, 5) is 24.6. The first kappa shape index (κ1) is 20.2. The Bertz CT molecular complexity index is 1030. The number of carbonyl (C=O) groups excluding carboxylic acids is 1. The maximum atomic E-state index is 10.9. The lowest BCUT2D eigenvalue weighted by Crippen LogP contribution is -2.26. The molecule has 1 fully saturated rings. The van der Waals surface area contributed by atoms with E-state index in [2.05, 4.69) is 27.0 Å². The molecule has 150 valence electrons. The predicted octanol–water partition coefficient (Wildman–Crippen LogP) is 3.24. The molecule has 1 amide bonds. The van der Waals surface area contributed by atoms with Gasteiger partial charge in [0.2, 0.25) is 5.91 Å². The normalized spacial score (nSPS) is 13.6. The number of hydrogen-bond donors (Lipinski definition) is 1. The molecule has 0 aromatic carbocycles. The number of rotatable bonds is 3. The SMILES string of the molecule is CCC(=O)N1CCCC1.CCn1ncc(-c2nc3c(=S)nc[nH]c3n2C)c1C. The first-order chi connectivity index (χ1) is 13.5. The molecule has 1 saturated heterocycles. The van der Waals surface area contributed by atoms with Gasteiger partial charge in [-0.25, -0.2) is 9.97 Å². The predicted molar refractivity (Wildman–Crippen MR) is 111 cm³/mol. The number of hydrogen-bond acceptors (Lipinski definition) is 5. The van der Waals surface area contributed by atoms with Crippen LogP contribution in [0.25, 0.3) is 22.6 Å². The number of aryl methyl sites for hydroxylation is 2. The number of imidazole rings is 1. The number of nitrogens with one attached hydrogen (secondary N) is 1. The lowest BCUT2D eigenvalue weighted by Gasteiger charge is -2.12. The van der Waals surface area contributed by atoms with E-state index in [1.54, 1.807) is 6.33 Å². The number of H-pyrrole nitrogens is 1. The molecule has 3 aromatic rings. The number of aromatic amines is 1. The molecule has 3 aromatic heterocycles. The number of nitrogens with zero attached hydrogens (tertiary/aromatic N) is 6. The van der Waals surface area contributed by atoms with Gasteiger partial charge >= 0.3 is 0 Å². The summed E-state index contributed by atoms with van der Waals surface area (Å²) in [7, 11) is 1.96. The molecular weight excluding hydrogens is 374 g/mol. The zero-order chi connectivity index (χ0) is 20.3. The highest BCUT2D eigenvalue weighted by Gasteiger charge is 2.16. The molecule has 0 radical (unpaired) electrons. The molecule has 1 aliphatic rings. The summed E-state index contributed by atoms with van der Waals surface area (Å²) in [6.07, 6.45) is 6.51. The van der Waals surface area contributed by atoms with Gasteiger partial charge in [-0.1, -0.05) is 19.1 Å². The van der Waals surface area contributed by atoms with Gasteiger partial charge in [-0.15, -0.1) is 0 Å². The summed E-state index contributed by atoms with van der Waals surface area (Å²) in [5.74, 6) is 1.16. The molecule has 9 heteroatoms. The third kappa shape index (κ3) is 3.84. The van der Waals surface area contributed by atoms with Crippen LogP contribution in [0.1, 0.15) is 38.8 Å². The first-order valence-corrected chi connectivity index (χ1v) is 10.1. The number of likely N-dealkylation sites (tertiary alicyclic amines) is 1. The van der Waals surface area contributed by atoms with Gasteiger partial charge in [-0.05, 0) is 26.7 Å². The number of fused-ring (bicyclic) bond motifs is 1. The van der Waals surface area contributed by atoms with Crippen LogP contribution in [-0.2, 0) is 18.4 Å². The van der Waals surface area contributed by atoms with Crippen LogP contribution in [0.2, 0.25) is 0 Å². The molecule has 4 heterocycles. The molecule has 28 heavy (non-hydrogen) atoms. The van der Waals surface area contributed by atoms with Crippen molar-refractivity contribution < 1.29 is 4.79 Å². The van der Waals surface area contributed by atoms with Crippen molar-refractivity contribution in [2.24, 2.45) is 7.05 Å². The summed E-state index contributed by atoms with van der Waals surface area (Å²) >= 11 is 5.21. The Kier molecular flexibility index (Phi) is 6.23. The molecule has 0 unspecified atom stereocenters. The Labute approximate surface area is 169 Å². The fourth-order valence-corrected chi connectivity index (χ4v) is 3.64. The number of carbonyl (C=O) groups is 1. The van der Waals surface area contributed by atoms with Crippen molar-refractivity contribution in [1.82, 2.24) is 34.2 Å². The van der Waals surface area contributed by atoms with Crippen LogP contribution in [0, 0.1) is 11.6 Å². The molecular formula is C19H27N7OS. The van der Waals surface area contributed by atoms with E-state index >= 15 is 0 Å². The second kappa shape index (κ2) is 8.64. The van der Waals surface area contributed by atoms with Gasteiger partial charge in [0.15, 0.2) is 4.64 Å². The van der Waals surface area contributed by atoms with Crippen LogP contribution in [-0.4, -0.2) is 53.2 Å². The summed E-state index contributed by atoms with van der Waals surface area (Å²) in [6.45, 7) is 8.86. The molecule has 4 rings (SSSR count). The van der Waals surface area contributed by atoms with Crippen molar-refractivity contribution >= 4 is 29.3 Å². The summed E-state index contributed by atoms with van der Waals surface area (Å²) in [6, 6.07) is 0. The molecule has 0 spiro atoms. The highest BCUT2D eigenvalue weighted by Crippen LogP contribution is 2.25. The topological polar surface area (TPSA) is 84.6 Å². The van der Waals surface area contributed by atoms with Gasteiger partial charge in [-0.3, -0.25) is 9.48 Å². The van der Waals surface area contributed by atoms with Crippen molar-refractivity contribution in [3.8, 4) is 11.4 Å². The number of aromatic nitrogens is 6. The molecule has 1 N–H and O–H groups in total. The van der Waals surface area contributed by atoms with Gasteiger partial charge in [0.1, 0.15) is 17.0 Å². The van der Waals surface area contributed by atoms with Gasteiger partial charge < -0.3 is 14.5 Å². The van der Waals surface area contributed by atoms with Crippen molar-refractivity contribution in [2.45, 2.75) is 46.6 Å². The Morgan fingerprint density at radius 2 is 2.00 bits per heavy atom. The second-order valence-corrected chi connectivity index (χ2v) is 7.19. The van der Waals surface area contributed by atoms with E-state index < -0.39 is 0 Å². The van der Waals surface area contributed by atoms with Crippen molar-refractivity contribution in [2.75, 3.05) is 13.1 Å². The smallest absolute Gasteiger partial charge is 0.222 e. The van der Waals surface area contributed by atoms with Crippen LogP contribution in [0.3, 0.4) is 0 Å². The molecule has 0 saturated carbocycles.